The molecule has 5 heteroatoms. The van der Waals surface area contributed by atoms with Crippen LogP contribution in [0.3, 0.4) is 0 Å². The molecule has 0 aliphatic rings. The zero-order chi connectivity index (χ0) is 6.41. The lowest BCUT2D eigenvalue weighted by Crippen LogP contribution is -1.91. The summed E-state index contributed by atoms with van der Waals surface area (Å²) in [6, 6.07) is 0. The summed E-state index contributed by atoms with van der Waals surface area (Å²) < 4.78 is 0. The van der Waals surface area contributed by atoms with Crippen molar-refractivity contribution in [1.82, 2.24) is 0 Å². The van der Waals surface area contributed by atoms with E-state index in [-0.39, 0.29) is 6.42 Å². The molecule has 0 fully saturated rings. The molecule has 0 spiro atoms. The minimum atomic E-state index is -0.749. The third kappa shape index (κ3) is 6.50. The van der Waals surface area contributed by atoms with Crippen molar-refractivity contribution >= 4 is 36.5 Å². The maximum atomic E-state index is 9.83. The van der Waals surface area contributed by atoms with Crippen molar-refractivity contribution in [3.8, 4) is 0 Å². The van der Waals surface area contributed by atoms with Crippen molar-refractivity contribution < 1.29 is 9.90 Å². The number of carboxylic acid groups (broad SMARTS) is 1. The topological polar surface area (TPSA) is 37.3 Å². The molecule has 1 N–H and O–H groups in total. The SMILES string of the molecule is O=C(O)CC=PPP. The summed E-state index contributed by atoms with van der Waals surface area (Å²) in [4.78, 5) is 9.83. The van der Waals surface area contributed by atoms with Crippen molar-refractivity contribution in [2.24, 2.45) is 0 Å². The number of aliphatic carboxylic acids is 1. The highest BCUT2D eigenvalue weighted by Crippen LogP contribution is 2.35. The van der Waals surface area contributed by atoms with Gasteiger partial charge < -0.3 is 5.11 Å². The molecule has 0 rings (SSSR count). The molecule has 0 aromatic heterocycles. The van der Waals surface area contributed by atoms with Crippen molar-refractivity contribution in [2.75, 3.05) is 0 Å². The Bertz CT molecular complexity index is 101. The Morgan fingerprint density at radius 2 is 2.62 bits per heavy atom. The summed E-state index contributed by atoms with van der Waals surface area (Å²) in [5.41, 5.74) is 0. The molecule has 0 amide bonds. The molecular weight excluding hydrogens is 161 g/mol. The summed E-state index contributed by atoms with van der Waals surface area (Å²) in [6.07, 6.45) is 0.183. The molecule has 0 aromatic carbocycles. The molecule has 0 bridgehead atoms. The molecule has 8 heavy (non-hydrogen) atoms. The number of carbonyl (C=O) groups is 1. The van der Waals surface area contributed by atoms with Gasteiger partial charge in [0.1, 0.15) is 0 Å². The zero-order valence-corrected chi connectivity index (χ0v) is 7.21. The number of carboxylic acids is 1. The second-order valence-corrected chi connectivity index (χ2v) is 5.79. The first kappa shape index (κ1) is 8.50. The molecule has 0 aliphatic heterocycles. The summed E-state index contributed by atoms with van der Waals surface area (Å²) in [5, 5.41) is 8.10. The van der Waals surface area contributed by atoms with Crippen LogP contribution >= 0.6 is 24.8 Å². The maximum absolute atomic E-state index is 9.83. The van der Waals surface area contributed by atoms with Crippen molar-refractivity contribution in [1.29, 1.82) is 0 Å². The Kier molecular flexibility index (Phi) is 5.99. The van der Waals surface area contributed by atoms with Gasteiger partial charge in [-0.15, -0.1) is 8.93 Å². The van der Waals surface area contributed by atoms with Crippen LogP contribution in [0.5, 0.6) is 0 Å². The number of hydrogen-bond donors (Lipinski definition) is 1. The van der Waals surface area contributed by atoms with E-state index in [4.69, 9.17) is 5.11 Å². The normalized spacial score (nSPS) is 11.6. The standard InChI is InChI=1S/C3H7O2P3/c4-3(5)1-2-7-8-6/h2,8H,1,6H2,(H,4,5). The number of rotatable bonds is 3. The zero-order valence-electron chi connectivity index (χ0n) is 4.16. The first-order valence-electron chi connectivity index (χ1n) is 1.96. The van der Waals surface area contributed by atoms with Crippen LogP contribution in [0.1, 0.15) is 6.42 Å². The van der Waals surface area contributed by atoms with Crippen molar-refractivity contribution in [3.63, 3.8) is 0 Å². The quantitative estimate of drug-likeness (QED) is 0.649. The average Bonchev–Trinajstić information content (AvgIpc) is 1.66. The predicted molar refractivity (Wildman–Crippen MR) is 43.3 cm³/mol. The Morgan fingerprint density at radius 3 is 3.00 bits per heavy atom. The van der Waals surface area contributed by atoms with E-state index in [0.29, 0.717) is 0 Å². The molecule has 0 heterocycles. The fraction of sp³-hybridized carbons (Fsp3) is 0.333. The van der Waals surface area contributed by atoms with Gasteiger partial charge in [0.25, 0.3) is 0 Å². The summed E-state index contributed by atoms with van der Waals surface area (Å²) in [5.74, 6) is 0.995. The van der Waals surface area contributed by atoms with Gasteiger partial charge in [0.2, 0.25) is 0 Å². The van der Waals surface area contributed by atoms with Gasteiger partial charge in [-0.25, -0.2) is 0 Å². The lowest BCUT2D eigenvalue weighted by molar-refractivity contribution is -0.135. The smallest absolute Gasteiger partial charge is 0.307 e. The van der Waals surface area contributed by atoms with E-state index < -0.39 is 5.97 Å². The Hall–Kier alpha value is 0.500. The molecule has 2 unspecified atom stereocenters. The van der Waals surface area contributed by atoms with Gasteiger partial charge in [0.05, 0.1) is 6.42 Å². The highest BCUT2D eigenvalue weighted by atomic mass is 32.4. The summed E-state index contributed by atoms with van der Waals surface area (Å²) in [7, 11) is 4.39. The van der Waals surface area contributed by atoms with E-state index in [1.807, 2.05) is 0 Å². The first-order valence-corrected chi connectivity index (χ1v) is 6.57. The fourth-order valence-corrected chi connectivity index (χ4v) is 2.07. The monoisotopic (exact) mass is 168 g/mol. The van der Waals surface area contributed by atoms with Gasteiger partial charge in [0.15, 0.2) is 0 Å². The minimum Gasteiger partial charge on any atom is -0.481 e. The second-order valence-electron chi connectivity index (χ2n) is 1.04. The van der Waals surface area contributed by atoms with Crippen LogP contribution in [-0.4, -0.2) is 16.9 Å². The minimum absolute atomic E-state index is 0.183. The summed E-state index contributed by atoms with van der Waals surface area (Å²) in [6.45, 7) is 0. The molecule has 0 aliphatic carbocycles. The van der Waals surface area contributed by atoms with Gasteiger partial charge in [-0.1, -0.05) is 7.89 Å². The molecular formula is C3H7O2P3. The number of hydrogen-bond acceptors (Lipinski definition) is 1. The van der Waals surface area contributed by atoms with E-state index in [2.05, 4.69) is 8.93 Å². The lowest BCUT2D eigenvalue weighted by atomic mass is 10.5. The highest BCUT2D eigenvalue weighted by Gasteiger charge is 1.86. The van der Waals surface area contributed by atoms with Crippen LogP contribution in [0, 0.1) is 0 Å². The third-order valence-corrected chi connectivity index (χ3v) is 3.28. The largest absolute Gasteiger partial charge is 0.481 e. The van der Waals surface area contributed by atoms with E-state index >= 15 is 0 Å². The molecule has 0 radical (unpaired) electrons. The van der Waals surface area contributed by atoms with Crippen LogP contribution in [0.15, 0.2) is 0 Å². The Morgan fingerprint density at radius 1 is 2.00 bits per heavy atom. The van der Waals surface area contributed by atoms with Gasteiger partial charge in [0, 0.05) is 0 Å². The Balaban J connectivity index is 3.16. The van der Waals surface area contributed by atoms with Crippen molar-refractivity contribution in [2.45, 2.75) is 6.42 Å². The van der Waals surface area contributed by atoms with Gasteiger partial charge in [-0.05, 0) is 13.8 Å². The van der Waals surface area contributed by atoms with Crippen LogP contribution < -0.4 is 0 Å². The van der Waals surface area contributed by atoms with Crippen LogP contribution in [0.4, 0.5) is 0 Å². The molecule has 2 atom stereocenters. The van der Waals surface area contributed by atoms with Gasteiger partial charge in [-0.3, -0.25) is 4.79 Å². The van der Waals surface area contributed by atoms with Crippen LogP contribution in [0.25, 0.3) is 0 Å². The average molecular weight is 168 g/mol. The van der Waals surface area contributed by atoms with E-state index in [1.165, 1.54) is 0 Å². The highest BCUT2D eigenvalue weighted by molar-refractivity contribution is 8.38. The predicted octanol–water partition coefficient (Wildman–Crippen LogP) is 1.59. The maximum Gasteiger partial charge on any atom is 0.307 e. The van der Waals surface area contributed by atoms with Gasteiger partial charge >= 0.3 is 5.97 Å². The lowest BCUT2D eigenvalue weighted by Gasteiger charge is -1.79. The molecule has 2 nitrogen and oxygen atoms in total. The molecule has 0 saturated heterocycles. The summed E-state index contributed by atoms with van der Waals surface area (Å²) >= 11 is 0. The van der Waals surface area contributed by atoms with E-state index in [9.17, 15) is 4.79 Å². The van der Waals surface area contributed by atoms with E-state index in [1.54, 1.807) is 5.80 Å². The Labute approximate surface area is 53.6 Å². The third-order valence-electron chi connectivity index (χ3n) is 0.432. The van der Waals surface area contributed by atoms with Crippen LogP contribution in [-0.2, 0) is 4.79 Å². The van der Waals surface area contributed by atoms with Crippen LogP contribution in [0.2, 0.25) is 0 Å². The molecule has 0 saturated carbocycles. The first-order chi connectivity index (χ1) is 3.77. The van der Waals surface area contributed by atoms with Gasteiger partial charge in [-0.2, -0.15) is 0 Å². The van der Waals surface area contributed by atoms with E-state index in [0.717, 1.165) is 15.9 Å². The van der Waals surface area contributed by atoms with Crippen molar-refractivity contribution in [3.05, 3.63) is 0 Å². The molecule has 46 valence electrons. The fourth-order valence-electron chi connectivity index (χ4n) is 0.176. The molecule has 0 aromatic rings. The second kappa shape index (κ2) is 5.63.